The van der Waals surface area contributed by atoms with Crippen LogP contribution in [0.1, 0.15) is 28.7 Å². The summed E-state index contributed by atoms with van der Waals surface area (Å²) < 4.78 is 53.1. The molecule has 9 nitrogen and oxygen atoms in total. The molecular weight excluding hydrogens is 555 g/mol. The quantitative estimate of drug-likeness (QED) is 0.101. The number of anilines is 1. The van der Waals surface area contributed by atoms with Crippen LogP contribution in [0.4, 0.5) is 14.6 Å². The highest BCUT2D eigenvalue weighted by Crippen LogP contribution is 2.54. The van der Waals surface area contributed by atoms with E-state index in [0.717, 1.165) is 51.3 Å². The molecule has 2 heterocycles. The first kappa shape index (κ1) is 30.7. The molecule has 2 aromatic carbocycles. The highest BCUT2D eigenvalue weighted by atomic mass is 31.2. The zero-order chi connectivity index (χ0) is 29.6. The van der Waals surface area contributed by atoms with Gasteiger partial charge in [-0.3, -0.25) is 9.55 Å². The number of ether oxygens (including phenoxy) is 3. The second-order valence-electron chi connectivity index (χ2n) is 9.83. The smallest absolute Gasteiger partial charge is 0.394 e. The monoisotopic (exact) mass is 589 g/mol. The van der Waals surface area contributed by atoms with Crippen LogP contribution in [0.3, 0.4) is 0 Å². The zero-order valence-corrected chi connectivity index (χ0v) is 23.9. The number of hydrogen-bond acceptors (Lipinski definition) is 7. The van der Waals surface area contributed by atoms with Crippen molar-refractivity contribution in [3.63, 3.8) is 0 Å². The first-order valence-electron chi connectivity index (χ1n) is 13.2. The van der Waals surface area contributed by atoms with E-state index in [1.54, 1.807) is 6.20 Å². The maximum atomic E-state index is 13.2. The molecule has 0 aliphatic heterocycles. The summed E-state index contributed by atoms with van der Waals surface area (Å²) in [4.78, 5) is 26.2. The van der Waals surface area contributed by atoms with Crippen molar-refractivity contribution in [3.05, 3.63) is 70.9 Å². The number of aromatic nitrogens is 2. The summed E-state index contributed by atoms with van der Waals surface area (Å²) >= 11 is 0. The largest absolute Gasteiger partial charge is 0.491 e. The number of halogens is 2. The van der Waals surface area contributed by atoms with Crippen molar-refractivity contribution in [1.82, 2.24) is 9.97 Å². The van der Waals surface area contributed by atoms with E-state index < -0.39 is 26.3 Å². The average Bonchev–Trinajstić information content (AvgIpc) is 2.91. The van der Waals surface area contributed by atoms with Gasteiger partial charge in [0.25, 0.3) is 0 Å². The minimum atomic E-state index is -5.48. The van der Waals surface area contributed by atoms with Crippen molar-refractivity contribution in [2.24, 2.45) is 0 Å². The Kier molecular flexibility index (Phi) is 9.88. The summed E-state index contributed by atoms with van der Waals surface area (Å²) in [5.41, 5.74) is 8.32. The summed E-state index contributed by atoms with van der Waals surface area (Å²) in [5.74, 6) is 1.14. The third kappa shape index (κ3) is 7.75. The lowest BCUT2D eigenvalue weighted by Crippen LogP contribution is -2.20. The van der Waals surface area contributed by atoms with Crippen molar-refractivity contribution >= 4 is 35.2 Å². The van der Waals surface area contributed by atoms with Crippen LogP contribution < -0.4 is 10.5 Å². The molecular formula is C29H34F2N3O6P. The van der Waals surface area contributed by atoms with Gasteiger partial charge in [-0.15, -0.1) is 0 Å². The van der Waals surface area contributed by atoms with E-state index in [4.69, 9.17) is 29.7 Å². The second kappa shape index (κ2) is 13.2. The molecule has 0 aliphatic rings. The molecule has 0 atom stereocenters. The minimum absolute atomic E-state index is 0.0242. The molecule has 4 N–H and O–H groups in total. The molecule has 0 fully saturated rings. The molecule has 220 valence electrons. The van der Waals surface area contributed by atoms with Crippen LogP contribution >= 0.6 is 7.60 Å². The highest BCUT2D eigenvalue weighted by Gasteiger charge is 2.48. The van der Waals surface area contributed by atoms with Crippen molar-refractivity contribution in [3.8, 4) is 5.75 Å². The number of nitrogens with zero attached hydrogens (tertiary/aromatic N) is 2. The minimum Gasteiger partial charge on any atom is -0.491 e. The molecule has 0 saturated carbocycles. The van der Waals surface area contributed by atoms with Gasteiger partial charge >= 0.3 is 13.3 Å². The van der Waals surface area contributed by atoms with Crippen molar-refractivity contribution < 1.29 is 37.3 Å². The molecule has 4 aromatic rings. The van der Waals surface area contributed by atoms with Crippen LogP contribution in [0.25, 0.3) is 21.8 Å². The van der Waals surface area contributed by atoms with E-state index in [1.165, 1.54) is 5.56 Å². The predicted octanol–water partition coefficient (Wildman–Crippen LogP) is 5.34. The third-order valence-electron chi connectivity index (χ3n) is 6.76. The number of benzene rings is 2. The average molecular weight is 590 g/mol. The predicted molar refractivity (Wildman–Crippen MR) is 154 cm³/mol. The first-order valence-corrected chi connectivity index (χ1v) is 14.8. The Morgan fingerprint density at radius 3 is 2.37 bits per heavy atom. The van der Waals surface area contributed by atoms with Crippen molar-refractivity contribution in [2.45, 2.75) is 38.8 Å². The molecule has 4 rings (SSSR count). The fraction of sp³-hybridized carbons (Fsp3) is 0.379. The van der Waals surface area contributed by atoms with Crippen LogP contribution in [0.15, 0.2) is 48.7 Å². The van der Waals surface area contributed by atoms with Gasteiger partial charge in [0.2, 0.25) is 0 Å². The van der Waals surface area contributed by atoms with Gasteiger partial charge in [-0.2, -0.15) is 8.78 Å². The fourth-order valence-electron chi connectivity index (χ4n) is 4.52. The molecule has 0 bridgehead atoms. The molecule has 0 radical (unpaired) electrons. The topological polar surface area (TPSA) is 137 Å². The number of nitrogens with two attached hydrogens (primary N) is 1. The maximum Gasteiger partial charge on any atom is 0.394 e. The highest BCUT2D eigenvalue weighted by molar-refractivity contribution is 7.53. The Hall–Kier alpha value is -3.21. The molecule has 0 spiro atoms. The summed E-state index contributed by atoms with van der Waals surface area (Å²) in [6, 6.07) is 14.2. The summed E-state index contributed by atoms with van der Waals surface area (Å²) in [6.07, 6.45) is 2.35. The summed E-state index contributed by atoms with van der Waals surface area (Å²) in [5, 5.41) is 2.08. The van der Waals surface area contributed by atoms with Gasteiger partial charge in [-0.05, 0) is 73.2 Å². The van der Waals surface area contributed by atoms with Gasteiger partial charge in [-0.25, -0.2) is 4.98 Å². The van der Waals surface area contributed by atoms with Gasteiger partial charge in [0.05, 0.1) is 31.9 Å². The number of nitrogen functional groups attached to an aromatic ring is 1. The molecule has 0 saturated heterocycles. The number of aryl methyl sites for hydroxylation is 4. The number of hydrogen-bond donors (Lipinski definition) is 3. The second-order valence-corrected chi connectivity index (χ2v) is 11.6. The Labute approximate surface area is 236 Å². The Morgan fingerprint density at radius 2 is 1.63 bits per heavy atom. The van der Waals surface area contributed by atoms with E-state index in [2.05, 4.69) is 22.1 Å². The lowest BCUT2D eigenvalue weighted by molar-refractivity contribution is -0.00383. The molecule has 41 heavy (non-hydrogen) atoms. The maximum absolute atomic E-state index is 13.2. The van der Waals surface area contributed by atoms with Gasteiger partial charge in [0, 0.05) is 23.4 Å². The molecule has 0 amide bonds. The normalized spacial score (nSPS) is 12.3. The molecule has 0 aliphatic carbocycles. The number of alkyl halides is 2. The first-order chi connectivity index (χ1) is 19.5. The van der Waals surface area contributed by atoms with Crippen LogP contribution in [-0.4, -0.2) is 58.5 Å². The van der Waals surface area contributed by atoms with Crippen molar-refractivity contribution in [2.75, 3.05) is 38.8 Å². The van der Waals surface area contributed by atoms with E-state index in [0.29, 0.717) is 18.2 Å². The number of pyridine rings is 2. The lowest BCUT2D eigenvalue weighted by atomic mass is 9.96. The van der Waals surface area contributed by atoms with Gasteiger partial charge in [0.1, 0.15) is 17.9 Å². The van der Waals surface area contributed by atoms with E-state index in [1.807, 2.05) is 44.2 Å². The van der Waals surface area contributed by atoms with Gasteiger partial charge < -0.3 is 29.7 Å². The van der Waals surface area contributed by atoms with Crippen molar-refractivity contribution in [1.29, 1.82) is 0 Å². The SMILES string of the molecule is Cc1ccc2c(c1)nc(N)c1nccc(CCc3ccc(OCCOCCOCCC(F)(F)P(=O)(O)O)cc3C)c12. The van der Waals surface area contributed by atoms with Crippen LogP contribution in [-0.2, 0) is 26.9 Å². The zero-order valence-electron chi connectivity index (χ0n) is 23.0. The third-order valence-corrected chi connectivity index (χ3v) is 7.84. The van der Waals surface area contributed by atoms with Crippen LogP contribution in [0.2, 0.25) is 0 Å². The molecule has 0 unspecified atom stereocenters. The van der Waals surface area contributed by atoms with E-state index >= 15 is 0 Å². The van der Waals surface area contributed by atoms with E-state index in [-0.39, 0.29) is 19.8 Å². The van der Waals surface area contributed by atoms with Crippen LogP contribution in [0, 0.1) is 13.8 Å². The van der Waals surface area contributed by atoms with Gasteiger partial charge in [0.15, 0.2) is 5.82 Å². The Bertz CT molecular complexity index is 1560. The Morgan fingerprint density at radius 1 is 0.927 bits per heavy atom. The summed E-state index contributed by atoms with van der Waals surface area (Å²) in [6.45, 7) is 4.31. The molecule has 2 aromatic heterocycles. The Balaban J connectivity index is 1.25. The van der Waals surface area contributed by atoms with Gasteiger partial charge in [-0.1, -0.05) is 18.2 Å². The van der Waals surface area contributed by atoms with Crippen LogP contribution in [0.5, 0.6) is 5.75 Å². The number of fused-ring (bicyclic) bond motifs is 3. The van der Waals surface area contributed by atoms with E-state index in [9.17, 15) is 13.3 Å². The standard InChI is InChI=1S/C29H34F2N3O6P/c1-19-3-8-24-25(17-19)34-28(32)27-26(24)22(9-11-33-27)5-4-21-6-7-23(18-20(21)2)40-16-15-39-14-13-38-12-10-29(30,31)41(35,36)37/h3,6-9,11,17-18H,4-5,10,12-16H2,1-2H3,(H2,32,34)(H2,35,36,37). The lowest BCUT2D eigenvalue weighted by Gasteiger charge is -2.17. The molecule has 12 heteroatoms. The fourth-order valence-corrected chi connectivity index (χ4v) is 4.90. The number of rotatable bonds is 14. The summed E-state index contributed by atoms with van der Waals surface area (Å²) in [7, 11) is -5.48.